The van der Waals surface area contributed by atoms with Gasteiger partial charge in [-0.3, -0.25) is 10.1 Å². The van der Waals surface area contributed by atoms with E-state index in [1.54, 1.807) is 42.5 Å². The van der Waals surface area contributed by atoms with Gasteiger partial charge >= 0.3 is 5.97 Å². The smallest absolute Gasteiger partial charge is 0.363 e. The van der Waals surface area contributed by atoms with Crippen LogP contribution in [0.5, 0.6) is 11.5 Å². The molecule has 0 saturated heterocycles. The van der Waals surface area contributed by atoms with Crippen molar-refractivity contribution in [3.05, 3.63) is 75.5 Å². The molecular weight excluding hydrogens is 352 g/mol. The van der Waals surface area contributed by atoms with Crippen molar-refractivity contribution < 1.29 is 23.9 Å². The van der Waals surface area contributed by atoms with Crippen molar-refractivity contribution in [3.8, 4) is 11.5 Å². The third-order valence-electron chi connectivity index (χ3n) is 3.84. The first-order valence-corrected chi connectivity index (χ1v) is 7.93. The van der Waals surface area contributed by atoms with Gasteiger partial charge in [-0.15, -0.1) is 0 Å². The minimum Gasteiger partial charge on any atom is -0.454 e. The number of nitro benzene ring substituents is 1. The van der Waals surface area contributed by atoms with E-state index in [0.717, 1.165) is 5.56 Å². The molecule has 0 unspecified atom stereocenters. The van der Waals surface area contributed by atoms with Crippen LogP contribution in [0.4, 0.5) is 5.69 Å². The van der Waals surface area contributed by atoms with Crippen LogP contribution >= 0.6 is 0 Å². The molecule has 2 aromatic rings. The van der Waals surface area contributed by atoms with E-state index >= 15 is 0 Å². The molecule has 2 heterocycles. The van der Waals surface area contributed by atoms with Crippen molar-refractivity contribution >= 4 is 29.7 Å². The number of esters is 1. The van der Waals surface area contributed by atoms with Gasteiger partial charge in [0.1, 0.15) is 0 Å². The SMILES string of the molecule is O=C1OC(/C=C/c2cccc([N+](=O)[O-])c2)=NC/1=C\c1ccc2c(c1)OCO2. The highest BCUT2D eigenvalue weighted by atomic mass is 16.7. The van der Waals surface area contributed by atoms with Gasteiger partial charge < -0.3 is 14.2 Å². The predicted molar refractivity (Wildman–Crippen MR) is 96.2 cm³/mol. The standard InChI is InChI=1S/C19H12N2O6/c22-19-15(9-13-4-6-16-17(10-13)26-11-25-16)20-18(27-19)7-5-12-2-1-3-14(8-12)21(23)24/h1-10H,11H2/b7-5+,15-9-. The first-order chi connectivity index (χ1) is 13.1. The highest BCUT2D eigenvalue weighted by molar-refractivity contribution is 6.11. The fraction of sp³-hybridized carbons (Fsp3) is 0.0526. The Labute approximate surface area is 153 Å². The van der Waals surface area contributed by atoms with Crippen molar-refractivity contribution in [2.45, 2.75) is 0 Å². The van der Waals surface area contributed by atoms with Crippen molar-refractivity contribution in [1.82, 2.24) is 0 Å². The molecule has 0 radical (unpaired) electrons. The molecule has 0 amide bonds. The van der Waals surface area contributed by atoms with Crippen molar-refractivity contribution in [3.63, 3.8) is 0 Å². The molecule has 134 valence electrons. The number of rotatable bonds is 4. The van der Waals surface area contributed by atoms with Crippen LogP contribution in [0.25, 0.3) is 12.2 Å². The number of non-ortho nitro benzene ring substituents is 1. The van der Waals surface area contributed by atoms with E-state index in [-0.39, 0.29) is 24.1 Å². The van der Waals surface area contributed by atoms with Gasteiger partial charge in [0.25, 0.3) is 5.69 Å². The maximum atomic E-state index is 12.0. The van der Waals surface area contributed by atoms with E-state index in [0.29, 0.717) is 17.1 Å². The minimum absolute atomic E-state index is 0.0223. The number of carbonyl (C=O) groups excluding carboxylic acids is 1. The molecule has 0 aliphatic carbocycles. The Hall–Kier alpha value is -3.94. The number of aliphatic imine (C=N–C) groups is 1. The van der Waals surface area contributed by atoms with Crippen LogP contribution in [0.2, 0.25) is 0 Å². The molecule has 8 heteroatoms. The Morgan fingerprint density at radius 3 is 2.74 bits per heavy atom. The number of benzene rings is 2. The highest BCUT2D eigenvalue weighted by Crippen LogP contribution is 2.33. The van der Waals surface area contributed by atoms with Crippen LogP contribution in [0, 0.1) is 10.1 Å². The van der Waals surface area contributed by atoms with Gasteiger partial charge in [-0.1, -0.05) is 18.2 Å². The Morgan fingerprint density at radius 1 is 1.04 bits per heavy atom. The summed E-state index contributed by atoms with van der Waals surface area (Å²) >= 11 is 0. The lowest BCUT2D eigenvalue weighted by Crippen LogP contribution is -2.01. The van der Waals surface area contributed by atoms with Crippen LogP contribution in [0.3, 0.4) is 0 Å². The molecule has 0 atom stereocenters. The zero-order valence-electron chi connectivity index (χ0n) is 13.8. The Balaban J connectivity index is 1.54. The number of ether oxygens (including phenoxy) is 3. The number of hydrogen-bond donors (Lipinski definition) is 0. The second-order valence-corrected chi connectivity index (χ2v) is 5.67. The number of nitro groups is 1. The van der Waals surface area contributed by atoms with Gasteiger partial charge in [0.15, 0.2) is 17.2 Å². The summed E-state index contributed by atoms with van der Waals surface area (Å²) in [5.41, 5.74) is 1.44. The van der Waals surface area contributed by atoms with E-state index in [4.69, 9.17) is 14.2 Å². The first kappa shape index (κ1) is 16.5. The average Bonchev–Trinajstić information content (AvgIpc) is 3.26. The molecule has 2 aliphatic rings. The molecule has 0 aromatic heterocycles. The summed E-state index contributed by atoms with van der Waals surface area (Å²) in [6, 6.07) is 11.4. The second kappa shape index (κ2) is 6.75. The van der Waals surface area contributed by atoms with Crippen molar-refractivity contribution in [2.75, 3.05) is 6.79 Å². The highest BCUT2D eigenvalue weighted by Gasteiger charge is 2.22. The molecule has 27 heavy (non-hydrogen) atoms. The summed E-state index contributed by atoms with van der Waals surface area (Å²) in [5.74, 6) is 0.783. The minimum atomic E-state index is -0.577. The van der Waals surface area contributed by atoms with E-state index in [1.165, 1.54) is 18.2 Å². The summed E-state index contributed by atoms with van der Waals surface area (Å²) in [6.45, 7) is 0.169. The molecule has 0 fully saturated rings. The van der Waals surface area contributed by atoms with Gasteiger partial charge in [0, 0.05) is 18.2 Å². The molecule has 0 bridgehead atoms. The molecule has 0 saturated carbocycles. The lowest BCUT2D eigenvalue weighted by atomic mass is 10.1. The van der Waals surface area contributed by atoms with E-state index in [2.05, 4.69) is 4.99 Å². The number of cyclic esters (lactones) is 1. The lowest BCUT2D eigenvalue weighted by molar-refractivity contribution is -0.384. The van der Waals surface area contributed by atoms with Crippen LogP contribution in [-0.4, -0.2) is 23.6 Å². The fourth-order valence-corrected chi connectivity index (χ4v) is 2.57. The number of hydrogen-bond acceptors (Lipinski definition) is 7. The zero-order valence-corrected chi connectivity index (χ0v) is 13.8. The van der Waals surface area contributed by atoms with Crippen LogP contribution in [0.15, 0.2) is 59.2 Å². The van der Waals surface area contributed by atoms with Crippen LogP contribution in [0.1, 0.15) is 11.1 Å². The fourth-order valence-electron chi connectivity index (χ4n) is 2.57. The molecule has 0 spiro atoms. The van der Waals surface area contributed by atoms with E-state index < -0.39 is 10.9 Å². The second-order valence-electron chi connectivity index (χ2n) is 5.67. The molecular formula is C19H12N2O6. The summed E-state index contributed by atoms with van der Waals surface area (Å²) < 4.78 is 15.7. The molecule has 8 nitrogen and oxygen atoms in total. The van der Waals surface area contributed by atoms with Crippen molar-refractivity contribution in [2.24, 2.45) is 4.99 Å². The maximum Gasteiger partial charge on any atom is 0.363 e. The topological polar surface area (TPSA) is 100 Å². The third-order valence-corrected chi connectivity index (χ3v) is 3.84. The maximum absolute atomic E-state index is 12.0. The molecule has 0 N–H and O–H groups in total. The zero-order chi connectivity index (χ0) is 18.8. The Morgan fingerprint density at radius 2 is 1.89 bits per heavy atom. The van der Waals surface area contributed by atoms with E-state index in [9.17, 15) is 14.9 Å². The quantitative estimate of drug-likeness (QED) is 0.357. The number of nitrogens with zero attached hydrogens (tertiary/aromatic N) is 2. The summed E-state index contributed by atoms with van der Waals surface area (Å²) in [5, 5.41) is 10.8. The van der Waals surface area contributed by atoms with Gasteiger partial charge in [0.2, 0.25) is 12.7 Å². The van der Waals surface area contributed by atoms with E-state index in [1.807, 2.05) is 0 Å². The largest absolute Gasteiger partial charge is 0.454 e. The first-order valence-electron chi connectivity index (χ1n) is 7.93. The van der Waals surface area contributed by atoms with Gasteiger partial charge in [-0.05, 0) is 35.4 Å². The van der Waals surface area contributed by atoms with Gasteiger partial charge in [0.05, 0.1) is 4.92 Å². The lowest BCUT2D eigenvalue weighted by Gasteiger charge is -1.97. The number of fused-ring (bicyclic) bond motifs is 1. The average molecular weight is 364 g/mol. The molecule has 2 aromatic carbocycles. The monoisotopic (exact) mass is 364 g/mol. The summed E-state index contributed by atoms with van der Waals surface area (Å²) in [4.78, 5) is 26.5. The van der Waals surface area contributed by atoms with Crippen LogP contribution < -0.4 is 9.47 Å². The predicted octanol–water partition coefficient (Wildman–Crippen LogP) is 3.33. The van der Waals surface area contributed by atoms with Crippen molar-refractivity contribution in [1.29, 1.82) is 0 Å². The Kier molecular flexibility index (Phi) is 4.13. The Bertz CT molecular complexity index is 1040. The molecule has 2 aliphatic heterocycles. The van der Waals surface area contributed by atoms with Crippen LogP contribution in [-0.2, 0) is 9.53 Å². The normalized spacial score (nSPS) is 16.7. The third kappa shape index (κ3) is 3.54. The van der Waals surface area contributed by atoms with Gasteiger partial charge in [-0.25, -0.2) is 9.79 Å². The molecule has 4 rings (SSSR count). The summed E-state index contributed by atoms with van der Waals surface area (Å²) in [7, 11) is 0. The number of carbonyl (C=O) groups is 1. The summed E-state index contributed by atoms with van der Waals surface area (Å²) in [6.07, 6.45) is 4.65. The van der Waals surface area contributed by atoms with Gasteiger partial charge in [-0.2, -0.15) is 0 Å².